The number of quaternary nitrogens is 1. The fourth-order valence-corrected chi connectivity index (χ4v) is 3.57. The summed E-state index contributed by atoms with van der Waals surface area (Å²) in [5.41, 5.74) is 3.01. The first-order valence-electron chi connectivity index (χ1n) is 9.66. The van der Waals surface area contributed by atoms with Crippen molar-refractivity contribution in [3.05, 3.63) is 57.6 Å². The number of methoxy groups -OCH3 is 1. The van der Waals surface area contributed by atoms with E-state index in [2.05, 4.69) is 10.2 Å². The third-order valence-electron chi connectivity index (χ3n) is 5.49. The molecule has 0 aliphatic carbocycles. The van der Waals surface area contributed by atoms with Gasteiger partial charge in [0.1, 0.15) is 11.4 Å². The van der Waals surface area contributed by atoms with Crippen molar-refractivity contribution in [3.8, 4) is 5.75 Å². The maximum atomic E-state index is 12.6. The summed E-state index contributed by atoms with van der Waals surface area (Å²) >= 11 is 0. The van der Waals surface area contributed by atoms with Crippen LogP contribution in [0.3, 0.4) is 0 Å². The van der Waals surface area contributed by atoms with Crippen LogP contribution in [0.2, 0.25) is 0 Å². The molecule has 0 atom stereocenters. The van der Waals surface area contributed by atoms with Gasteiger partial charge in [0.2, 0.25) is 0 Å². The topological polar surface area (TPSA) is 89.2 Å². The molecule has 154 valence electrons. The molecule has 1 amide bonds. The molecule has 3 rings (SSSR count). The summed E-state index contributed by atoms with van der Waals surface area (Å²) in [6, 6.07) is 11.1. The predicted molar refractivity (Wildman–Crippen MR) is 112 cm³/mol. The molecule has 1 fully saturated rings. The first-order chi connectivity index (χ1) is 13.9. The number of carbonyl (C=O) groups excluding carboxylic acids is 1. The highest BCUT2D eigenvalue weighted by Crippen LogP contribution is 2.30. The zero-order valence-electron chi connectivity index (χ0n) is 17.0. The number of amides is 1. The first kappa shape index (κ1) is 20.6. The van der Waals surface area contributed by atoms with E-state index >= 15 is 0 Å². The largest absolute Gasteiger partial charge is 0.497 e. The predicted octanol–water partition coefficient (Wildman–Crippen LogP) is 1.56. The molecule has 0 radical (unpaired) electrons. The van der Waals surface area contributed by atoms with Crippen molar-refractivity contribution in [2.75, 3.05) is 50.1 Å². The summed E-state index contributed by atoms with van der Waals surface area (Å²) in [6.45, 7) is 7.30. The van der Waals surface area contributed by atoms with Gasteiger partial charge in [0.15, 0.2) is 6.54 Å². The van der Waals surface area contributed by atoms with E-state index in [4.69, 9.17) is 4.74 Å². The number of hydrogen-bond donors (Lipinski definition) is 2. The van der Waals surface area contributed by atoms with Gasteiger partial charge in [-0.3, -0.25) is 14.9 Å². The molecule has 0 aromatic heterocycles. The molecule has 2 aromatic carbocycles. The van der Waals surface area contributed by atoms with Crippen LogP contribution >= 0.6 is 0 Å². The summed E-state index contributed by atoms with van der Waals surface area (Å²) in [5.74, 6) is 0.630. The van der Waals surface area contributed by atoms with Crippen LogP contribution in [0.1, 0.15) is 11.1 Å². The molecule has 1 heterocycles. The van der Waals surface area contributed by atoms with E-state index in [0.29, 0.717) is 12.2 Å². The van der Waals surface area contributed by atoms with Gasteiger partial charge < -0.3 is 19.9 Å². The lowest BCUT2D eigenvalue weighted by Gasteiger charge is -2.33. The molecule has 0 saturated carbocycles. The Bertz CT molecular complexity index is 890. The number of nitrogens with zero attached hydrogens (tertiary/aromatic N) is 2. The normalized spacial score (nSPS) is 14.5. The molecular formula is C21H27N4O4+. The Morgan fingerprint density at radius 3 is 2.41 bits per heavy atom. The number of benzene rings is 2. The zero-order valence-corrected chi connectivity index (χ0v) is 17.0. The monoisotopic (exact) mass is 399 g/mol. The Morgan fingerprint density at radius 1 is 1.17 bits per heavy atom. The van der Waals surface area contributed by atoms with Crippen molar-refractivity contribution in [1.29, 1.82) is 0 Å². The van der Waals surface area contributed by atoms with E-state index in [-0.39, 0.29) is 11.6 Å². The van der Waals surface area contributed by atoms with Gasteiger partial charge in [-0.15, -0.1) is 0 Å². The third-order valence-corrected chi connectivity index (χ3v) is 5.49. The molecule has 2 aromatic rings. The fraction of sp³-hybridized carbons (Fsp3) is 0.381. The number of aryl methyl sites for hydroxylation is 1. The summed E-state index contributed by atoms with van der Waals surface area (Å²) in [7, 11) is 1.65. The van der Waals surface area contributed by atoms with Crippen molar-refractivity contribution >= 4 is 23.0 Å². The van der Waals surface area contributed by atoms with Crippen LogP contribution in [0.15, 0.2) is 36.4 Å². The number of piperazine rings is 1. The smallest absolute Gasteiger partial charge is 0.293 e. The van der Waals surface area contributed by atoms with Crippen LogP contribution in [0.5, 0.6) is 5.75 Å². The summed E-state index contributed by atoms with van der Waals surface area (Å²) in [5, 5.41) is 14.1. The molecule has 0 spiro atoms. The molecule has 1 saturated heterocycles. The van der Waals surface area contributed by atoms with Crippen molar-refractivity contribution < 1.29 is 19.4 Å². The van der Waals surface area contributed by atoms with Crippen molar-refractivity contribution in [3.63, 3.8) is 0 Å². The minimum Gasteiger partial charge on any atom is -0.497 e. The molecule has 2 N–H and O–H groups in total. The second-order valence-corrected chi connectivity index (χ2v) is 7.32. The number of rotatable bonds is 6. The minimum atomic E-state index is -0.456. The molecule has 8 heteroatoms. The lowest BCUT2D eigenvalue weighted by molar-refractivity contribution is -0.892. The number of nitro benzene ring substituents is 1. The molecule has 0 unspecified atom stereocenters. The van der Waals surface area contributed by atoms with Crippen molar-refractivity contribution in [2.24, 2.45) is 0 Å². The van der Waals surface area contributed by atoms with E-state index in [1.165, 1.54) is 11.0 Å². The minimum absolute atomic E-state index is 0.0687. The van der Waals surface area contributed by atoms with Gasteiger partial charge in [-0.05, 0) is 49.2 Å². The molecule has 29 heavy (non-hydrogen) atoms. The number of nitro groups is 1. The van der Waals surface area contributed by atoms with Crippen LogP contribution in [-0.2, 0) is 4.79 Å². The Hall–Kier alpha value is -3.13. The lowest BCUT2D eigenvalue weighted by atomic mass is 10.1. The van der Waals surface area contributed by atoms with Crippen LogP contribution in [0.25, 0.3) is 0 Å². The number of anilines is 2. The standard InChI is InChI=1S/C21H26N4O4/c1-15-4-9-19(25(27)28)21(16(15)2)22-20(26)14-23-10-12-24(13-11-23)17-5-7-18(29-3)8-6-17/h4-9H,10-14H2,1-3H3,(H,22,26)/p+1. The molecule has 8 nitrogen and oxygen atoms in total. The molecule has 0 bridgehead atoms. The average molecular weight is 399 g/mol. The fourth-order valence-electron chi connectivity index (χ4n) is 3.57. The van der Waals surface area contributed by atoms with Gasteiger partial charge in [0, 0.05) is 11.8 Å². The highest BCUT2D eigenvalue weighted by Gasteiger charge is 2.25. The highest BCUT2D eigenvalue weighted by atomic mass is 16.6. The second kappa shape index (κ2) is 8.91. The molecule has 1 aliphatic rings. The lowest BCUT2D eigenvalue weighted by Crippen LogP contribution is -3.15. The van der Waals surface area contributed by atoms with Gasteiger partial charge in [0.25, 0.3) is 11.6 Å². The Balaban J connectivity index is 1.58. The molecule has 1 aliphatic heterocycles. The Labute approximate surface area is 170 Å². The van der Waals surface area contributed by atoms with Crippen LogP contribution in [0, 0.1) is 24.0 Å². The second-order valence-electron chi connectivity index (χ2n) is 7.32. The quantitative estimate of drug-likeness (QED) is 0.569. The maximum Gasteiger partial charge on any atom is 0.293 e. The summed E-state index contributed by atoms with van der Waals surface area (Å²) < 4.78 is 5.20. The van der Waals surface area contributed by atoms with E-state index < -0.39 is 4.92 Å². The van der Waals surface area contributed by atoms with Crippen molar-refractivity contribution in [1.82, 2.24) is 0 Å². The number of ether oxygens (including phenoxy) is 1. The Morgan fingerprint density at radius 2 is 1.83 bits per heavy atom. The first-order valence-corrected chi connectivity index (χ1v) is 9.66. The summed E-state index contributed by atoms with van der Waals surface area (Å²) in [6.07, 6.45) is 0. The van der Waals surface area contributed by atoms with Gasteiger partial charge in [-0.2, -0.15) is 0 Å². The van der Waals surface area contributed by atoms with Crippen LogP contribution in [0.4, 0.5) is 17.1 Å². The van der Waals surface area contributed by atoms with Gasteiger partial charge >= 0.3 is 0 Å². The van der Waals surface area contributed by atoms with Crippen LogP contribution in [-0.4, -0.2) is 50.7 Å². The highest BCUT2D eigenvalue weighted by molar-refractivity contribution is 5.95. The van der Waals surface area contributed by atoms with Crippen LogP contribution < -0.4 is 19.9 Å². The van der Waals surface area contributed by atoms with E-state index in [1.807, 2.05) is 31.2 Å². The van der Waals surface area contributed by atoms with Gasteiger partial charge in [-0.1, -0.05) is 6.07 Å². The number of hydrogen-bond acceptors (Lipinski definition) is 5. The zero-order chi connectivity index (χ0) is 21.0. The number of nitrogens with one attached hydrogen (secondary N) is 2. The van der Waals surface area contributed by atoms with E-state index in [1.54, 1.807) is 20.1 Å². The summed E-state index contributed by atoms with van der Waals surface area (Å²) in [4.78, 5) is 26.9. The SMILES string of the molecule is COc1ccc(N2CC[NH+](CC(=O)Nc3c([N+](=O)[O-])ccc(C)c3C)CC2)cc1. The van der Waals surface area contributed by atoms with Crippen molar-refractivity contribution in [2.45, 2.75) is 13.8 Å². The maximum absolute atomic E-state index is 12.6. The van der Waals surface area contributed by atoms with Gasteiger partial charge in [-0.25, -0.2) is 0 Å². The Kier molecular flexibility index (Phi) is 6.33. The third kappa shape index (κ3) is 4.83. The van der Waals surface area contributed by atoms with Gasteiger partial charge in [0.05, 0.1) is 38.2 Å². The number of carbonyl (C=O) groups is 1. The van der Waals surface area contributed by atoms with E-state index in [9.17, 15) is 14.9 Å². The average Bonchev–Trinajstić information content (AvgIpc) is 2.72. The van der Waals surface area contributed by atoms with E-state index in [0.717, 1.165) is 48.7 Å². The molecular weight excluding hydrogens is 372 g/mol.